The second-order valence-corrected chi connectivity index (χ2v) is 6.50. The van der Waals surface area contributed by atoms with Gasteiger partial charge in [-0.1, -0.05) is 6.07 Å². The molecular weight excluding hydrogens is 286 g/mol. The number of aliphatic carboxylic acids is 1. The second kappa shape index (κ2) is 7.31. The molecule has 0 saturated carbocycles. The van der Waals surface area contributed by atoms with Crippen LogP contribution in [0.3, 0.4) is 0 Å². The normalized spacial score (nSPS) is 18.0. The Balaban J connectivity index is 2.03. The van der Waals surface area contributed by atoms with Gasteiger partial charge in [0.1, 0.15) is 0 Å². The fraction of sp³-hybridized carbons (Fsp3) is 0.375. The average molecular weight is 305 g/mol. The molecule has 1 unspecified atom stereocenters. The number of benzene rings is 1. The topological polar surface area (TPSA) is 66.4 Å². The van der Waals surface area contributed by atoms with E-state index in [1.54, 1.807) is 12.1 Å². The SMILES string of the molecule is Cc1ccc(C(=O)NCC2CCCS2)cc1/C=C/C(=O)O. The van der Waals surface area contributed by atoms with Crippen molar-refractivity contribution >= 4 is 29.7 Å². The monoisotopic (exact) mass is 305 g/mol. The maximum atomic E-state index is 12.1. The highest BCUT2D eigenvalue weighted by molar-refractivity contribution is 8.00. The molecule has 1 atom stereocenters. The number of rotatable bonds is 5. The molecule has 112 valence electrons. The molecule has 1 fully saturated rings. The predicted molar refractivity (Wildman–Crippen MR) is 85.7 cm³/mol. The molecule has 1 aromatic carbocycles. The molecule has 0 spiro atoms. The number of hydrogen-bond acceptors (Lipinski definition) is 3. The van der Waals surface area contributed by atoms with Crippen LogP contribution in [0.1, 0.15) is 34.3 Å². The lowest BCUT2D eigenvalue weighted by molar-refractivity contribution is -0.131. The van der Waals surface area contributed by atoms with Crippen LogP contribution in [-0.4, -0.2) is 34.5 Å². The number of carbonyl (C=O) groups is 2. The summed E-state index contributed by atoms with van der Waals surface area (Å²) in [4.78, 5) is 22.7. The van der Waals surface area contributed by atoms with Crippen LogP contribution in [0.25, 0.3) is 6.08 Å². The predicted octanol–water partition coefficient (Wildman–Crippen LogP) is 2.72. The molecule has 0 bridgehead atoms. The summed E-state index contributed by atoms with van der Waals surface area (Å²) in [5.41, 5.74) is 2.25. The molecule has 0 aliphatic carbocycles. The first-order chi connectivity index (χ1) is 10.1. The molecule has 0 aromatic heterocycles. The van der Waals surface area contributed by atoms with Crippen LogP contribution in [-0.2, 0) is 4.79 Å². The maximum Gasteiger partial charge on any atom is 0.328 e. The Labute approximate surface area is 128 Å². The van der Waals surface area contributed by atoms with E-state index in [2.05, 4.69) is 5.32 Å². The van der Waals surface area contributed by atoms with Crippen molar-refractivity contribution in [2.24, 2.45) is 0 Å². The van der Waals surface area contributed by atoms with E-state index in [9.17, 15) is 9.59 Å². The van der Waals surface area contributed by atoms with E-state index in [-0.39, 0.29) is 5.91 Å². The van der Waals surface area contributed by atoms with Gasteiger partial charge in [-0.05, 0) is 54.9 Å². The van der Waals surface area contributed by atoms with Crippen LogP contribution in [0, 0.1) is 6.92 Å². The van der Waals surface area contributed by atoms with Crippen molar-refractivity contribution in [1.29, 1.82) is 0 Å². The molecule has 2 N–H and O–H groups in total. The first-order valence-corrected chi connectivity index (χ1v) is 8.02. The molecule has 1 aromatic rings. The number of hydrogen-bond donors (Lipinski definition) is 2. The number of aryl methyl sites for hydroxylation is 1. The molecule has 4 nitrogen and oxygen atoms in total. The van der Waals surface area contributed by atoms with Crippen molar-refractivity contribution in [3.05, 3.63) is 41.0 Å². The van der Waals surface area contributed by atoms with Crippen molar-refractivity contribution in [3.8, 4) is 0 Å². The first-order valence-electron chi connectivity index (χ1n) is 6.97. The summed E-state index contributed by atoms with van der Waals surface area (Å²) in [6.07, 6.45) is 4.98. The van der Waals surface area contributed by atoms with E-state index in [0.717, 1.165) is 23.6 Å². The second-order valence-electron chi connectivity index (χ2n) is 5.09. The third-order valence-corrected chi connectivity index (χ3v) is 4.86. The third kappa shape index (κ3) is 4.63. The van der Waals surface area contributed by atoms with E-state index in [0.29, 0.717) is 17.4 Å². The number of amides is 1. The highest BCUT2D eigenvalue weighted by atomic mass is 32.2. The van der Waals surface area contributed by atoms with Gasteiger partial charge in [0.25, 0.3) is 5.91 Å². The van der Waals surface area contributed by atoms with Gasteiger partial charge in [0.15, 0.2) is 0 Å². The lowest BCUT2D eigenvalue weighted by Crippen LogP contribution is -2.29. The largest absolute Gasteiger partial charge is 0.478 e. The molecule has 21 heavy (non-hydrogen) atoms. The van der Waals surface area contributed by atoms with Crippen molar-refractivity contribution in [3.63, 3.8) is 0 Å². The van der Waals surface area contributed by atoms with Crippen LogP contribution in [0.2, 0.25) is 0 Å². The third-order valence-electron chi connectivity index (χ3n) is 3.46. The van der Waals surface area contributed by atoms with Gasteiger partial charge >= 0.3 is 5.97 Å². The van der Waals surface area contributed by atoms with Crippen LogP contribution in [0.5, 0.6) is 0 Å². The van der Waals surface area contributed by atoms with Crippen LogP contribution >= 0.6 is 11.8 Å². The number of carbonyl (C=O) groups excluding carboxylic acids is 1. The molecule has 1 heterocycles. The Morgan fingerprint density at radius 3 is 2.95 bits per heavy atom. The van der Waals surface area contributed by atoms with Gasteiger partial charge < -0.3 is 10.4 Å². The van der Waals surface area contributed by atoms with E-state index in [4.69, 9.17) is 5.11 Å². The number of carboxylic acid groups (broad SMARTS) is 1. The van der Waals surface area contributed by atoms with Gasteiger partial charge in [-0.25, -0.2) is 4.79 Å². The maximum absolute atomic E-state index is 12.1. The van der Waals surface area contributed by atoms with Gasteiger partial charge in [-0.15, -0.1) is 0 Å². The lowest BCUT2D eigenvalue weighted by atomic mass is 10.0. The summed E-state index contributed by atoms with van der Waals surface area (Å²) in [7, 11) is 0. The summed E-state index contributed by atoms with van der Waals surface area (Å²) in [6.45, 7) is 2.58. The zero-order valence-electron chi connectivity index (χ0n) is 12.0. The van der Waals surface area contributed by atoms with Crippen molar-refractivity contribution < 1.29 is 14.7 Å². The quantitative estimate of drug-likeness (QED) is 0.821. The standard InChI is InChI=1S/C16H19NO3S/c1-11-4-5-13(9-12(11)6-7-15(18)19)16(20)17-10-14-3-2-8-21-14/h4-7,9,14H,2-3,8,10H2,1H3,(H,17,20)(H,18,19)/b7-6+. The highest BCUT2D eigenvalue weighted by Gasteiger charge is 2.16. The fourth-order valence-electron chi connectivity index (χ4n) is 2.24. The van der Waals surface area contributed by atoms with Gasteiger partial charge in [-0.3, -0.25) is 4.79 Å². The summed E-state index contributed by atoms with van der Waals surface area (Å²) in [6, 6.07) is 5.33. The number of carboxylic acids is 1. The Morgan fingerprint density at radius 2 is 2.29 bits per heavy atom. The Hall–Kier alpha value is -1.75. The Morgan fingerprint density at radius 1 is 1.48 bits per heavy atom. The highest BCUT2D eigenvalue weighted by Crippen LogP contribution is 2.25. The van der Waals surface area contributed by atoms with Gasteiger partial charge in [0, 0.05) is 23.4 Å². The van der Waals surface area contributed by atoms with Crippen molar-refractivity contribution in [1.82, 2.24) is 5.32 Å². The lowest BCUT2D eigenvalue weighted by Gasteiger charge is -2.11. The van der Waals surface area contributed by atoms with E-state index >= 15 is 0 Å². The molecule has 1 aliphatic heterocycles. The van der Waals surface area contributed by atoms with E-state index in [1.165, 1.54) is 18.2 Å². The summed E-state index contributed by atoms with van der Waals surface area (Å²) in [5, 5.41) is 12.2. The molecule has 1 aliphatic rings. The number of nitrogens with one attached hydrogen (secondary N) is 1. The number of thioether (sulfide) groups is 1. The van der Waals surface area contributed by atoms with Crippen molar-refractivity contribution in [2.45, 2.75) is 25.0 Å². The van der Waals surface area contributed by atoms with Crippen LogP contribution in [0.15, 0.2) is 24.3 Å². The van der Waals surface area contributed by atoms with Crippen molar-refractivity contribution in [2.75, 3.05) is 12.3 Å². The van der Waals surface area contributed by atoms with Gasteiger partial charge in [0.2, 0.25) is 0 Å². The summed E-state index contributed by atoms with van der Waals surface area (Å²) in [5.74, 6) is 0.0739. The van der Waals surface area contributed by atoms with Crippen LogP contribution < -0.4 is 5.32 Å². The van der Waals surface area contributed by atoms with Gasteiger partial charge in [-0.2, -0.15) is 11.8 Å². The van der Waals surface area contributed by atoms with E-state index in [1.807, 2.05) is 24.8 Å². The Bertz CT molecular complexity index is 563. The smallest absolute Gasteiger partial charge is 0.328 e. The molecule has 0 radical (unpaired) electrons. The first kappa shape index (κ1) is 15.6. The molecule has 1 saturated heterocycles. The molecule has 5 heteroatoms. The van der Waals surface area contributed by atoms with E-state index < -0.39 is 5.97 Å². The average Bonchev–Trinajstić information content (AvgIpc) is 2.97. The molecular formula is C16H19NO3S. The van der Waals surface area contributed by atoms with Gasteiger partial charge in [0.05, 0.1) is 0 Å². The summed E-state index contributed by atoms with van der Waals surface area (Å²) < 4.78 is 0. The summed E-state index contributed by atoms with van der Waals surface area (Å²) >= 11 is 1.91. The molecule has 1 amide bonds. The minimum Gasteiger partial charge on any atom is -0.478 e. The molecule has 2 rings (SSSR count). The zero-order chi connectivity index (χ0) is 15.2. The minimum absolute atomic E-state index is 0.104. The van der Waals surface area contributed by atoms with Crippen LogP contribution in [0.4, 0.5) is 0 Å². The Kier molecular flexibility index (Phi) is 5.44. The minimum atomic E-state index is -0.998. The zero-order valence-corrected chi connectivity index (χ0v) is 12.8. The fourth-order valence-corrected chi connectivity index (χ4v) is 3.44.